The SMILES string of the molecule is CCNC(=NCCCN1CCCCCC1=O)NCCNS(=O)(=O)c1ccc(C)cc1. The molecule has 0 aromatic heterocycles. The summed E-state index contributed by atoms with van der Waals surface area (Å²) in [6.45, 7) is 7.47. The number of nitrogens with zero attached hydrogens (tertiary/aromatic N) is 2. The van der Waals surface area contributed by atoms with Gasteiger partial charge in [-0.25, -0.2) is 13.1 Å². The Bertz CT molecular complexity index is 793. The van der Waals surface area contributed by atoms with E-state index >= 15 is 0 Å². The normalized spacial score (nSPS) is 15.7. The number of sulfonamides is 1. The molecular formula is C21H35N5O3S. The highest BCUT2D eigenvalue weighted by Crippen LogP contribution is 2.11. The Hall–Kier alpha value is -2.13. The van der Waals surface area contributed by atoms with Crippen LogP contribution in [0.25, 0.3) is 0 Å². The number of likely N-dealkylation sites (tertiary alicyclic amines) is 1. The third-order valence-corrected chi connectivity index (χ3v) is 6.39. The van der Waals surface area contributed by atoms with E-state index in [1.807, 2.05) is 18.7 Å². The van der Waals surface area contributed by atoms with E-state index in [0.29, 0.717) is 32.0 Å². The Labute approximate surface area is 180 Å². The molecule has 1 fully saturated rings. The van der Waals surface area contributed by atoms with Crippen LogP contribution in [-0.2, 0) is 14.8 Å². The molecular weight excluding hydrogens is 402 g/mol. The number of carbonyl (C=O) groups excluding carboxylic acids is 1. The predicted molar refractivity (Wildman–Crippen MR) is 120 cm³/mol. The number of hydrogen-bond acceptors (Lipinski definition) is 4. The zero-order chi connectivity index (χ0) is 21.8. The van der Waals surface area contributed by atoms with E-state index in [1.54, 1.807) is 24.3 Å². The average Bonchev–Trinajstić information content (AvgIpc) is 2.92. The van der Waals surface area contributed by atoms with Crippen LogP contribution in [0.2, 0.25) is 0 Å². The number of aryl methyl sites for hydroxylation is 1. The molecule has 168 valence electrons. The molecule has 3 N–H and O–H groups in total. The van der Waals surface area contributed by atoms with E-state index < -0.39 is 10.0 Å². The van der Waals surface area contributed by atoms with Gasteiger partial charge in [0.2, 0.25) is 15.9 Å². The third-order valence-electron chi connectivity index (χ3n) is 4.91. The van der Waals surface area contributed by atoms with Crippen molar-refractivity contribution in [3.05, 3.63) is 29.8 Å². The van der Waals surface area contributed by atoms with Gasteiger partial charge in [0.25, 0.3) is 0 Å². The summed E-state index contributed by atoms with van der Waals surface area (Å²) in [6.07, 6.45) is 4.67. The first-order chi connectivity index (χ1) is 14.4. The molecule has 1 aliphatic rings. The minimum atomic E-state index is -3.52. The van der Waals surface area contributed by atoms with E-state index in [0.717, 1.165) is 44.3 Å². The summed E-state index contributed by atoms with van der Waals surface area (Å²) in [6, 6.07) is 6.77. The van der Waals surface area contributed by atoms with Gasteiger partial charge in [0, 0.05) is 45.7 Å². The van der Waals surface area contributed by atoms with E-state index in [9.17, 15) is 13.2 Å². The quantitative estimate of drug-likeness (QED) is 0.293. The first kappa shape index (κ1) is 24.1. The minimum Gasteiger partial charge on any atom is -0.357 e. The topological polar surface area (TPSA) is 103 Å². The molecule has 1 saturated heterocycles. The van der Waals surface area contributed by atoms with Crippen molar-refractivity contribution < 1.29 is 13.2 Å². The van der Waals surface area contributed by atoms with Gasteiger partial charge in [-0.1, -0.05) is 24.1 Å². The fourth-order valence-corrected chi connectivity index (χ4v) is 4.27. The lowest BCUT2D eigenvalue weighted by Gasteiger charge is -2.20. The fraction of sp³-hybridized carbons (Fsp3) is 0.619. The zero-order valence-electron chi connectivity index (χ0n) is 18.1. The van der Waals surface area contributed by atoms with Crippen LogP contribution < -0.4 is 15.4 Å². The van der Waals surface area contributed by atoms with Gasteiger partial charge in [-0.2, -0.15) is 0 Å². The molecule has 0 bridgehead atoms. The molecule has 0 aliphatic carbocycles. The summed E-state index contributed by atoms with van der Waals surface area (Å²) in [4.78, 5) is 18.8. The van der Waals surface area contributed by atoms with Crippen LogP contribution in [0.4, 0.5) is 0 Å². The zero-order valence-corrected chi connectivity index (χ0v) is 18.9. The standard InChI is InChI=1S/C21H35N5O3S/c1-3-22-21(23-13-7-17-26-16-6-4-5-8-20(26)27)24-14-15-25-30(28,29)19-11-9-18(2)10-12-19/h9-12,25H,3-8,13-17H2,1-2H3,(H2,22,23,24). The molecule has 1 aromatic carbocycles. The van der Waals surface area contributed by atoms with Crippen molar-refractivity contribution in [2.45, 2.75) is 50.8 Å². The van der Waals surface area contributed by atoms with E-state index in [1.165, 1.54) is 0 Å². The van der Waals surface area contributed by atoms with Crippen LogP contribution in [0.15, 0.2) is 34.2 Å². The Balaban J connectivity index is 1.73. The second-order valence-corrected chi connectivity index (χ2v) is 9.21. The summed E-state index contributed by atoms with van der Waals surface area (Å²) in [5, 5.41) is 6.30. The minimum absolute atomic E-state index is 0.252. The second-order valence-electron chi connectivity index (χ2n) is 7.44. The van der Waals surface area contributed by atoms with Crippen molar-refractivity contribution in [2.24, 2.45) is 4.99 Å². The lowest BCUT2D eigenvalue weighted by atomic mass is 10.2. The molecule has 0 unspecified atom stereocenters. The van der Waals surface area contributed by atoms with Crippen molar-refractivity contribution >= 4 is 21.9 Å². The Kier molecular flexibility index (Phi) is 10.1. The van der Waals surface area contributed by atoms with Gasteiger partial charge in [-0.05, 0) is 45.2 Å². The molecule has 0 spiro atoms. The monoisotopic (exact) mass is 437 g/mol. The van der Waals surface area contributed by atoms with Crippen molar-refractivity contribution in [3.63, 3.8) is 0 Å². The number of aliphatic imine (C=N–C) groups is 1. The van der Waals surface area contributed by atoms with Crippen molar-refractivity contribution in [3.8, 4) is 0 Å². The highest BCUT2D eigenvalue weighted by molar-refractivity contribution is 7.89. The Morgan fingerprint density at radius 1 is 1.10 bits per heavy atom. The van der Waals surface area contributed by atoms with Gasteiger partial charge in [0.05, 0.1) is 4.90 Å². The number of rotatable bonds is 10. The highest BCUT2D eigenvalue weighted by atomic mass is 32.2. The number of amides is 1. The highest BCUT2D eigenvalue weighted by Gasteiger charge is 2.15. The lowest BCUT2D eigenvalue weighted by Crippen LogP contribution is -2.41. The van der Waals surface area contributed by atoms with Gasteiger partial charge < -0.3 is 15.5 Å². The van der Waals surface area contributed by atoms with E-state index in [-0.39, 0.29) is 17.3 Å². The maximum absolute atomic E-state index is 12.3. The smallest absolute Gasteiger partial charge is 0.240 e. The Morgan fingerprint density at radius 3 is 2.60 bits per heavy atom. The van der Waals surface area contributed by atoms with Gasteiger partial charge in [0.1, 0.15) is 0 Å². The van der Waals surface area contributed by atoms with Crippen molar-refractivity contribution in [1.29, 1.82) is 0 Å². The first-order valence-corrected chi connectivity index (χ1v) is 12.3. The summed E-state index contributed by atoms with van der Waals surface area (Å²) in [7, 11) is -3.52. The third kappa shape index (κ3) is 8.31. The molecule has 0 saturated carbocycles. The van der Waals surface area contributed by atoms with Crippen LogP contribution in [0, 0.1) is 6.92 Å². The van der Waals surface area contributed by atoms with Crippen LogP contribution >= 0.6 is 0 Å². The van der Waals surface area contributed by atoms with Crippen molar-refractivity contribution in [1.82, 2.24) is 20.3 Å². The van der Waals surface area contributed by atoms with E-state index in [2.05, 4.69) is 20.3 Å². The number of carbonyl (C=O) groups is 1. The molecule has 0 radical (unpaired) electrons. The number of benzene rings is 1. The van der Waals surface area contributed by atoms with E-state index in [4.69, 9.17) is 0 Å². The molecule has 1 amide bonds. The van der Waals surface area contributed by atoms with Gasteiger partial charge in [-0.3, -0.25) is 9.79 Å². The summed E-state index contributed by atoms with van der Waals surface area (Å²) in [5.41, 5.74) is 1.02. The Morgan fingerprint density at radius 2 is 1.87 bits per heavy atom. The summed E-state index contributed by atoms with van der Waals surface area (Å²) < 4.78 is 27.2. The molecule has 1 heterocycles. The van der Waals surface area contributed by atoms with Gasteiger partial charge in [-0.15, -0.1) is 0 Å². The predicted octanol–water partition coefficient (Wildman–Crippen LogP) is 1.62. The summed E-state index contributed by atoms with van der Waals surface area (Å²) in [5.74, 6) is 0.900. The maximum atomic E-state index is 12.3. The van der Waals surface area contributed by atoms with Crippen LogP contribution in [-0.4, -0.2) is 64.5 Å². The van der Waals surface area contributed by atoms with Gasteiger partial charge in [0.15, 0.2) is 5.96 Å². The molecule has 30 heavy (non-hydrogen) atoms. The molecule has 1 aliphatic heterocycles. The number of guanidine groups is 1. The number of nitrogens with one attached hydrogen (secondary N) is 3. The van der Waals surface area contributed by atoms with Gasteiger partial charge >= 0.3 is 0 Å². The molecule has 0 atom stereocenters. The summed E-state index contributed by atoms with van der Waals surface area (Å²) >= 11 is 0. The largest absolute Gasteiger partial charge is 0.357 e. The van der Waals surface area contributed by atoms with Crippen LogP contribution in [0.1, 0.15) is 44.6 Å². The lowest BCUT2D eigenvalue weighted by molar-refractivity contribution is -0.130. The maximum Gasteiger partial charge on any atom is 0.240 e. The second kappa shape index (κ2) is 12.5. The molecule has 8 nitrogen and oxygen atoms in total. The first-order valence-electron chi connectivity index (χ1n) is 10.8. The number of hydrogen-bond donors (Lipinski definition) is 3. The molecule has 2 rings (SSSR count). The fourth-order valence-electron chi connectivity index (χ4n) is 3.24. The molecule has 1 aromatic rings. The molecule has 9 heteroatoms. The van der Waals surface area contributed by atoms with Crippen LogP contribution in [0.3, 0.4) is 0 Å². The average molecular weight is 438 g/mol. The van der Waals surface area contributed by atoms with Crippen LogP contribution in [0.5, 0.6) is 0 Å². The van der Waals surface area contributed by atoms with Crippen molar-refractivity contribution in [2.75, 3.05) is 39.3 Å².